The van der Waals surface area contributed by atoms with Gasteiger partial charge in [-0.3, -0.25) is 0 Å². The molecule has 0 atom stereocenters. The lowest BCUT2D eigenvalue weighted by atomic mass is 10.1. The Bertz CT molecular complexity index is 441. The first-order valence-electron chi connectivity index (χ1n) is 6.93. The number of rotatable bonds is 7. The van der Waals surface area contributed by atoms with Crippen molar-refractivity contribution in [1.82, 2.24) is 10.6 Å². The van der Waals surface area contributed by atoms with Gasteiger partial charge < -0.3 is 20.5 Å². The Hall–Kier alpha value is -1.75. The Labute approximate surface area is 119 Å². The Balaban J connectivity index is 1.63. The number of urea groups is 1. The molecule has 0 spiro atoms. The Kier molecular flexibility index (Phi) is 4.84. The van der Waals surface area contributed by atoms with Gasteiger partial charge in [-0.05, 0) is 37.0 Å². The molecular weight excluding hydrogens is 256 g/mol. The molecule has 1 aliphatic rings. The lowest BCUT2D eigenvalue weighted by Gasteiger charge is -2.13. The fourth-order valence-electron chi connectivity index (χ4n) is 2.01. The average Bonchev–Trinajstić information content (AvgIpc) is 3.26. The Morgan fingerprint density at radius 2 is 2.00 bits per heavy atom. The summed E-state index contributed by atoms with van der Waals surface area (Å²) in [5.41, 5.74) is 1.10. The lowest BCUT2D eigenvalue weighted by Crippen LogP contribution is -2.40. The molecule has 0 saturated heterocycles. The van der Waals surface area contributed by atoms with Crippen LogP contribution in [-0.2, 0) is 6.42 Å². The van der Waals surface area contributed by atoms with Crippen molar-refractivity contribution in [3.8, 4) is 5.75 Å². The van der Waals surface area contributed by atoms with Gasteiger partial charge in [-0.25, -0.2) is 4.79 Å². The summed E-state index contributed by atoms with van der Waals surface area (Å²) in [6, 6.07) is 7.63. The molecule has 0 heterocycles. The Morgan fingerprint density at radius 1 is 1.30 bits per heavy atom. The van der Waals surface area contributed by atoms with Crippen LogP contribution >= 0.6 is 0 Å². The molecule has 110 valence electrons. The lowest BCUT2D eigenvalue weighted by molar-refractivity contribution is 0.203. The predicted octanol–water partition coefficient (Wildman–Crippen LogP) is 1.31. The van der Waals surface area contributed by atoms with Gasteiger partial charge in [0.2, 0.25) is 0 Å². The minimum absolute atomic E-state index is 0.0483. The predicted molar refractivity (Wildman–Crippen MR) is 76.9 cm³/mol. The molecule has 1 aromatic rings. The largest absolute Gasteiger partial charge is 0.497 e. The van der Waals surface area contributed by atoms with E-state index in [2.05, 4.69) is 10.6 Å². The van der Waals surface area contributed by atoms with Gasteiger partial charge in [0, 0.05) is 18.5 Å². The van der Waals surface area contributed by atoms with E-state index in [4.69, 9.17) is 9.84 Å². The molecule has 20 heavy (non-hydrogen) atoms. The van der Waals surface area contributed by atoms with E-state index in [0.717, 1.165) is 30.6 Å². The molecule has 0 aromatic heterocycles. The van der Waals surface area contributed by atoms with Crippen molar-refractivity contribution in [2.75, 3.05) is 26.8 Å². The van der Waals surface area contributed by atoms with Gasteiger partial charge in [-0.2, -0.15) is 0 Å². The molecule has 5 nitrogen and oxygen atoms in total. The number of amides is 2. The molecule has 1 saturated carbocycles. The number of ether oxygens (including phenoxy) is 1. The van der Waals surface area contributed by atoms with Gasteiger partial charge in [0.25, 0.3) is 0 Å². The maximum Gasteiger partial charge on any atom is 0.314 e. The first kappa shape index (κ1) is 14.7. The SMILES string of the molecule is COc1ccc(CCNC(=O)NCC2(CO)CC2)cc1. The van der Waals surface area contributed by atoms with Crippen LogP contribution in [0.4, 0.5) is 4.79 Å². The molecule has 1 fully saturated rings. The van der Waals surface area contributed by atoms with Crippen LogP contribution in [0.1, 0.15) is 18.4 Å². The molecule has 1 aliphatic carbocycles. The third-order valence-electron chi connectivity index (χ3n) is 3.77. The van der Waals surface area contributed by atoms with E-state index in [9.17, 15) is 4.79 Å². The number of hydrogen-bond acceptors (Lipinski definition) is 3. The van der Waals surface area contributed by atoms with Gasteiger partial charge in [-0.1, -0.05) is 12.1 Å². The van der Waals surface area contributed by atoms with E-state index in [1.807, 2.05) is 24.3 Å². The van der Waals surface area contributed by atoms with Crippen molar-refractivity contribution in [3.63, 3.8) is 0 Å². The second-order valence-electron chi connectivity index (χ2n) is 5.37. The van der Waals surface area contributed by atoms with E-state index in [0.29, 0.717) is 13.1 Å². The van der Waals surface area contributed by atoms with Crippen molar-refractivity contribution < 1.29 is 14.6 Å². The molecule has 3 N–H and O–H groups in total. The highest BCUT2D eigenvalue weighted by Crippen LogP contribution is 2.44. The summed E-state index contributed by atoms with van der Waals surface area (Å²) in [6.07, 6.45) is 2.77. The van der Waals surface area contributed by atoms with Crippen LogP contribution in [0, 0.1) is 5.41 Å². The summed E-state index contributed by atoms with van der Waals surface area (Å²) < 4.78 is 5.09. The van der Waals surface area contributed by atoms with Crippen LogP contribution < -0.4 is 15.4 Å². The first-order valence-corrected chi connectivity index (χ1v) is 6.93. The third-order valence-corrected chi connectivity index (χ3v) is 3.77. The second kappa shape index (κ2) is 6.61. The number of benzene rings is 1. The van der Waals surface area contributed by atoms with Crippen molar-refractivity contribution in [3.05, 3.63) is 29.8 Å². The maximum absolute atomic E-state index is 11.6. The van der Waals surface area contributed by atoms with Gasteiger partial charge >= 0.3 is 6.03 Å². The molecule has 0 bridgehead atoms. The summed E-state index contributed by atoms with van der Waals surface area (Å²) in [6.45, 7) is 1.29. The number of nitrogens with one attached hydrogen (secondary N) is 2. The minimum Gasteiger partial charge on any atom is -0.497 e. The van der Waals surface area contributed by atoms with Gasteiger partial charge in [0.1, 0.15) is 5.75 Å². The van der Waals surface area contributed by atoms with E-state index in [1.54, 1.807) is 7.11 Å². The summed E-state index contributed by atoms with van der Waals surface area (Å²) in [5.74, 6) is 0.832. The van der Waals surface area contributed by atoms with Crippen molar-refractivity contribution in [1.29, 1.82) is 0 Å². The Morgan fingerprint density at radius 3 is 2.55 bits per heavy atom. The van der Waals surface area contributed by atoms with E-state index in [1.165, 1.54) is 0 Å². The number of methoxy groups -OCH3 is 1. The molecule has 0 radical (unpaired) electrons. The summed E-state index contributed by atoms with van der Waals surface area (Å²) >= 11 is 0. The van der Waals surface area contributed by atoms with E-state index < -0.39 is 0 Å². The quantitative estimate of drug-likeness (QED) is 0.704. The van der Waals surface area contributed by atoms with Crippen LogP contribution in [0.3, 0.4) is 0 Å². The monoisotopic (exact) mass is 278 g/mol. The number of carbonyl (C=O) groups is 1. The topological polar surface area (TPSA) is 70.6 Å². The standard InChI is InChI=1S/C15H22N2O3/c1-20-13-4-2-12(3-5-13)6-9-16-14(19)17-10-15(11-18)7-8-15/h2-5,18H,6-11H2,1H3,(H2,16,17,19). The second-order valence-corrected chi connectivity index (χ2v) is 5.37. The van der Waals surface area contributed by atoms with E-state index in [-0.39, 0.29) is 18.1 Å². The highest BCUT2D eigenvalue weighted by molar-refractivity contribution is 5.73. The molecular formula is C15H22N2O3. The van der Waals surface area contributed by atoms with Crippen molar-refractivity contribution in [2.24, 2.45) is 5.41 Å². The number of hydrogen-bond donors (Lipinski definition) is 3. The van der Waals surface area contributed by atoms with E-state index >= 15 is 0 Å². The van der Waals surface area contributed by atoms with Crippen LogP contribution in [0.25, 0.3) is 0 Å². The molecule has 1 aromatic carbocycles. The fraction of sp³-hybridized carbons (Fsp3) is 0.533. The number of aliphatic hydroxyl groups excluding tert-OH is 1. The highest BCUT2D eigenvalue weighted by atomic mass is 16.5. The summed E-state index contributed by atoms with van der Waals surface area (Å²) in [7, 11) is 1.64. The van der Waals surface area contributed by atoms with Gasteiger partial charge in [-0.15, -0.1) is 0 Å². The third kappa shape index (κ3) is 4.13. The zero-order valence-corrected chi connectivity index (χ0v) is 11.8. The molecule has 2 rings (SSSR count). The zero-order chi connectivity index (χ0) is 14.4. The smallest absolute Gasteiger partial charge is 0.314 e. The summed E-state index contributed by atoms with van der Waals surface area (Å²) in [5, 5.41) is 14.8. The molecule has 0 unspecified atom stereocenters. The van der Waals surface area contributed by atoms with Crippen LogP contribution in [0.2, 0.25) is 0 Å². The number of carbonyl (C=O) groups excluding carboxylic acids is 1. The average molecular weight is 278 g/mol. The molecule has 0 aliphatic heterocycles. The molecule has 2 amide bonds. The highest BCUT2D eigenvalue weighted by Gasteiger charge is 2.41. The van der Waals surface area contributed by atoms with Gasteiger partial charge in [0.15, 0.2) is 0 Å². The number of aliphatic hydroxyl groups is 1. The maximum atomic E-state index is 11.6. The minimum atomic E-state index is -0.168. The molecule has 5 heteroatoms. The van der Waals surface area contributed by atoms with Crippen molar-refractivity contribution in [2.45, 2.75) is 19.3 Å². The fourth-order valence-corrected chi connectivity index (χ4v) is 2.01. The van der Waals surface area contributed by atoms with Gasteiger partial charge in [0.05, 0.1) is 13.7 Å². The van der Waals surface area contributed by atoms with Crippen LogP contribution in [0.5, 0.6) is 5.75 Å². The zero-order valence-electron chi connectivity index (χ0n) is 11.8. The van der Waals surface area contributed by atoms with Crippen LogP contribution in [0.15, 0.2) is 24.3 Å². The normalized spacial score (nSPS) is 15.5. The first-order chi connectivity index (χ1) is 9.67. The van der Waals surface area contributed by atoms with Crippen LogP contribution in [-0.4, -0.2) is 37.9 Å². The van der Waals surface area contributed by atoms with Crippen molar-refractivity contribution >= 4 is 6.03 Å². The summed E-state index contributed by atoms with van der Waals surface area (Å²) in [4.78, 5) is 11.6.